The highest BCUT2D eigenvalue weighted by Crippen LogP contribution is 2.41. The van der Waals surface area contributed by atoms with E-state index in [1.54, 1.807) is 24.3 Å². The van der Waals surface area contributed by atoms with Gasteiger partial charge in [-0.15, -0.1) is 0 Å². The molecule has 0 spiro atoms. The third-order valence-electron chi connectivity index (χ3n) is 11.5. The molecule has 4 aromatic carbocycles. The third-order valence-corrected chi connectivity index (χ3v) is 15.9. The zero-order chi connectivity index (χ0) is 65.7. The molecule has 0 fully saturated rings. The smallest absolute Gasteiger partial charge is 0.264 e. The van der Waals surface area contributed by atoms with Crippen LogP contribution in [0, 0.1) is 0 Å². The highest BCUT2D eigenvalue weighted by molar-refractivity contribution is 7.86. The van der Waals surface area contributed by atoms with E-state index in [4.69, 9.17) is 51.2 Å². The maximum Gasteiger partial charge on any atom is 0.264 e. The van der Waals surface area contributed by atoms with Gasteiger partial charge in [-0.1, -0.05) is 0 Å². The molecule has 4 rings (SSSR count). The van der Waals surface area contributed by atoms with E-state index >= 15 is 0 Å². The van der Waals surface area contributed by atoms with E-state index in [1.807, 2.05) is 0 Å². The van der Waals surface area contributed by atoms with Gasteiger partial charge in [0.1, 0.15) is 0 Å². The molecule has 0 heterocycles. The summed E-state index contributed by atoms with van der Waals surface area (Å²) in [6.07, 6.45) is 0.144. The molecule has 0 aromatic heterocycles. The number of carbonyl (C=O) groups is 4. The first-order valence-electron chi connectivity index (χ1n) is 27.1. The van der Waals surface area contributed by atoms with Gasteiger partial charge in [0.2, 0.25) is 11.5 Å². The molecule has 4 aromatic rings. The normalized spacial score (nSPS) is 12.0. The molecular weight excluding hydrogens is 1300 g/mol. The Kier molecular flexibility index (Phi) is 30.7. The fourth-order valence-electron chi connectivity index (χ4n) is 7.34. The first-order valence-corrected chi connectivity index (χ1v) is 35.8. The molecule has 0 radical (unpaired) electrons. The summed E-state index contributed by atoms with van der Waals surface area (Å²) in [5, 5.41) is 19.3. The van der Waals surface area contributed by atoms with Crippen LogP contribution in [0.5, 0.6) is 34.5 Å². The van der Waals surface area contributed by atoms with Crippen molar-refractivity contribution >= 4 is 98.2 Å². The van der Waals surface area contributed by atoms with Crippen LogP contribution < -0.4 is 49.7 Å². The minimum absolute atomic E-state index is 0.0132. The van der Waals surface area contributed by atoms with Gasteiger partial charge in [0.25, 0.3) is 74.2 Å². The summed E-state index contributed by atoms with van der Waals surface area (Å²) in [5.41, 5.74) is 1.35. The lowest BCUT2D eigenvalue weighted by Crippen LogP contribution is -2.30. The predicted molar refractivity (Wildman–Crippen MR) is 325 cm³/mol. The molecule has 494 valence electrons. The Hall–Kier alpha value is -6.94. The van der Waals surface area contributed by atoms with Gasteiger partial charge in [-0.25, -0.2) is 0 Å². The molecule has 0 aliphatic heterocycles. The quantitative estimate of drug-likeness (QED) is 0.0129. The van der Waals surface area contributed by atoms with Gasteiger partial charge in [-0.05, 0) is 130 Å². The molecule has 0 saturated carbocycles. The third kappa shape index (κ3) is 31.4. The number of hydrogen-bond acceptors (Lipinski definition) is 23. The maximum absolute atomic E-state index is 13.4. The molecule has 0 bridgehead atoms. The topological polar surface area (TPSA) is 468 Å². The molecule has 0 atom stereocenters. The van der Waals surface area contributed by atoms with E-state index < -0.39 is 103 Å². The number of ether oxygens (including phenoxy) is 6. The van der Waals surface area contributed by atoms with Gasteiger partial charge in [0.15, 0.2) is 23.0 Å². The lowest BCUT2D eigenvalue weighted by molar-refractivity contribution is 0.0934. The fraction of sp³-hybridized carbons (Fsp3) is 0.462. The number of nitrogens with one attached hydrogen (secondary N) is 4. The molecule has 9 N–H and O–H groups in total. The SMILES string of the molecule is O=C(NCCCNC(=O)c1cc(OCCCS)c(OCCCS(=O)(=O)O)c(OCCCS(=O)(=O)O)c1)c1ccc(/N=N/c2ccc(C(=O)NCCCNC(=O)c3cc(OCCCS(=O)(=O)O)c(OCCCS(=O)(=O)O)c(OCCCS(=O)(=O)O)c3)cc2)cc1. The van der Waals surface area contributed by atoms with E-state index in [1.165, 1.54) is 48.5 Å². The number of benzene rings is 4. The Morgan fingerprint density at radius 2 is 0.584 bits per heavy atom. The molecular formula is C52H70N6O25S6. The molecule has 89 heavy (non-hydrogen) atoms. The van der Waals surface area contributed by atoms with Crippen LogP contribution >= 0.6 is 12.6 Å². The van der Waals surface area contributed by atoms with Crippen LogP contribution in [0.2, 0.25) is 0 Å². The first kappa shape index (κ1) is 74.5. The van der Waals surface area contributed by atoms with Crippen LogP contribution in [-0.4, -0.2) is 189 Å². The average Bonchev–Trinajstić information content (AvgIpc) is 1.40. The van der Waals surface area contributed by atoms with Gasteiger partial charge in [-0.2, -0.15) is 64.9 Å². The number of carbonyl (C=O) groups excluding carboxylic acids is 4. The van der Waals surface area contributed by atoms with Crippen molar-refractivity contribution in [3.8, 4) is 34.5 Å². The van der Waals surface area contributed by atoms with Crippen molar-refractivity contribution in [3.05, 3.63) is 95.1 Å². The fourth-order valence-corrected chi connectivity index (χ4v) is 9.89. The number of hydrogen-bond donors (Lipinski definition) is 10. The number of azo groups is 1. The molecule has 0 aliphatic carbocycles. The number of amides is 4. The lowest BCUT2D eigenvalue weighted by Gasteiger charge is -2.19. The Balaban J connectivity index is 1.27. The van der Waals surface area contributed by atoms with E-state index in [0.29, 0.717) is 35.5 Å². The molecule has 37 heteroatoms. The standard InChI is InChI=1S/C52H70N6O25S6/c59-49(53-17-1-19-55-51(61)39-33-43(78-21-3-27-84)47(82-25-7-31-88(72,73)74)44(34-39)79-22-4-28-85(63,64)65)37-9-13-41(14-10-37)57-58-42-15-11-38(12-16-42)50(60)54-18-2-20-56-52(62)40-35-45(80-23-5-29-86(66,67)68)48(83-26-8-32-89(75,76)77)46(36-40)81-24-6-30-87(69,70)71/h9-16,33-36,84H,1-8,17-32H2,(H,53,59)(H,54,60)(H,55,61)(H,56,62)(H,63,64,65)(H,66,67,68)(H,69,70,71)(H,72,73,74)(H,75,76,77)/b58-57+. The van der Waals surface area contributed by atoms with Gasteiger partial charge in [-0.3, -0.25) is 41.9 Å². The van der Waals surface area contributed by atoms with Crippen molar-refractivity contribution in [1.82, 2.24) is 21.3 Å². The van der Waals surface area contributed by atoms with Crippen molar-refractivity contribution in [3.63, 3.8) is 0 Å². The molecule has 0 aliphatic rings. The average molecular weight is 1370 g/mol. The lowest BCUT2D eigenvalue weighted by atomic mass is 10.1. The number of thiol groups is 1. The van der Waals surface area contributed by atoms with Crippen molar-refractivity contribution in [1.29, 1.82) is 0 Å². The molecule has 31 nitrogen and oxygen atoms in total. The first-order chi connectivity index (χ1) is 41.9. The van der Waals surface area contributed by atoms with Crippen LogP contribution in [0.25, 0.3) is 0 Å². The second kappa shape index (κ2) is 36.7. The van der Waals surface area contributed by atoms with E-state index in [0.717, 1.165) is 0 Å². The summed E-state index contributed by atoms with van der Waals surface area (Å²) in [7, 11) is -21.7. The summed E-state index contributed by atoms with van der Waals surface area (Å²) in [4.78, 5) is 52.6. The zero-order valence-electron chi connectivity index (χ0n) is 47.7. The minimum atomic E-state index is -4.37. The summed E-state index contributed by atoms with van der Waals surface area (Å²) in [6, 6.07) is 17.4. The summed E-state index contributed by atoms with van der Waals surface area (Å²) in [6.45, 7) is -0.891. The maximum atomic E-state index is 13.4. The van der Waals surface area contributed by atoms with E-state index in [9.17, 15) is 61.3 Å². The van der Waals surface area contributed by atoms with Crippen molar-refractivity contribution in [2.24, 2.45) is 10.2 Å². The van der Waals surface area contributed by atoms with Gasteiger partial charge >= 0.3 is 0 Å². The van der Waals surface area contributed by atoms with Gasteiger partial charge < -0.3 is 49.7 Å². The monoisotopic (exact) mass is 1370 g/mol. The zero-order valence-corrected chi connectivity index (χ0v) is 52.7. The Morgan fingerprint density at radius 3 is 0.831 bits per heavy atom. The Morgan fingerprint density at radius 1 is 0.348 bits per heavy atom. The van der Waals surface area contributed by atoms with E-state index in [-0.39, 0.29) is 156 Å². The highest BCUT2D eigenvalue weighted by Gasteiger charge is 2.23. The minimum Gasteiger partial charge on any atom is -0.489 e. The number of nitrogens with zero attached hydrogens (tertiary/aromatic N) is 2. The Bertz CT molecular complexity index is 3550. The van der Waals surface area contributed by atoms with Gasteiger partial charge in [0.05, 0.1) is 79.8 Å². The van der Waals surface area contributed by atoms with Crippen LogP contribution in [0.1, 0.15) is 92.8 Å². The van der Waals surface area contributed by atoms with Crippen LogP contribution in [-0.2, 0) is 50.6 Å². The molecule has 0 unspecified atom stereocenters. The van der Waals surface area contributed by atoms with Crippen LogP contribution in [0.15, 0.2) is 83.0 Å². The van der Waals surface area contributed by atoms with Crippen molar-refractivity contribution < 1.29 is 112 Å². The van der Waals surface area contributed by atoms with Crippen molar-refractivity contribution in [2.45, 2.75) is 51.4 Å². The van der Waals surface area contributed by atoms with Crippen LogP contribution in [0.3, 0.4) is 0 Å². The summed E-state index contributed by atoms with van der Waals surface area (Å²) in [5.74, 6) is -5.47. The predicted octanol–water partition coefficient (Wildman–Crippen LogP) is 4.18. The summed E-state index contributed by atoms with van der Waals surface area (Å²) < 4.78 is 193. The largest absolute Gasteiger partial charge is 0.489 e. The highest BCUT2D eigenvalue weighted by atomic mass is 32.2. The summed E-state index contributed by atoms with van der Waals surface area (Å²) >= 11 is 4.18. The Labute approximate surface area is 520 Å². The van der Waals surface area contributed by atoms with Gasteiger partial charge in [0, 0.05) is 48.4 Å². The van der Waals surface area contributed by atoms with Crippen molar-refractivity contribution in [2.75, 3.05) is 100 Å². The second-order valence-electron chi connectivity index (χ2n) is 19.0. The number of rotatable bonds is 43. The molecule has 4 amide bonds. The van der Waals surface area contributed by atoms with Crippen LogP contribution in [0.4, 0.5) is 11.4 Å². The second-order valence-corrected chi connectivity index (χ2v) is 27.3. The van der Waals surface area contributed by atoms with E-state index in [2.05, 4.69) is 44.1 Å². The molecule has 0 saturated heterocycles.